The Morgan fingerprint density at radius 1 is 1.23 bits per heavy atom. The topological polar surface area (TPSA) is 59.6 Å². The van der Waals surface area contributed by atoms with Gasteiger partial charge in [0.1, 0.15) is 11.5 Å². The number of carbonyl (C=O) groups is 1. The lowest BCUT2D eigenvalue weighted by atomic mass is 10.1. The fraction of sp³-hybridized carbons (Fsp3) is 0.438. The molecule has 1 heterocycles. The number of hydrogen-bond donors (Lipinski definition) is 2. The van der Waals surface area contributed by atoms with Gasteiger partial charge in [0.25, 0.3) is 5.91 Å². The molecule has 0 atom stereocenters. The minimum Gasteiger partial charge on any atom is -0.494 e. The lowest BCUT2D eigenvalue weighted by Gasteiger charge is -2.14. The largest absolute Gasteiger partial charge is 0.494 e. The normalized spacial score (nSPS) is 13.6. The van der Waals surface area contributed by atoms with Gasteiger partial charge >= 0.3 is 0 Å². The van der Waals surface area contributed by atoms with Crippen LogP contribution in [0.25, 0.3) is 0 Å². The van der Waals surface area contributed by atoms with Crippen LogP contribution < -0.4 is 20.1 Å². The standard InChI is InChI=1S/C16H22N2O3.ClH/c1-2-20-14-3-5-15(6-4-14)21-12-16(19)18-11-13-7-9-17-10-8-13;/h3-7,17H,2,8-12H2,1H3,(H,18,19);1H. The molecule has 22 heavy (non-hydrogen) atoms. The van der Waals surface area contributed by atoms with Gasteiger partial charge in [0.05, 0.1) is 6.61 Å². The van der Waals surface area contributed by atoms with Gasteiger partial charge in [-0.2, -0.15) is 0 Å². The van der Waals surface area contributed by atoms with Crippen LogP contribution in [0, 0.1) is 0 Å². The molecule has 5 nitrogen and oxygen atoms in total. The Bertz CT molecular complexity index is 489. The van der Waals surface area contributed by atoms with Gasteiger partial charge in [-0.15, -0.1) is 12.4 Å². The van der Waals surface area contributed by atoms with Crippen LogP contribution in [0.2, 0.25) is 0 Å². The first-order valence-corrected chi connectivity index (χ1v) is 7.29. The van der Waals surface area contributed by atoms with Crippen molar-refractivity contribution in [3.05, 3.63) is 35.9 Å². The molecule has 6 heteroatoms. The Morgan fingerprint density at radius 3 is 2.50 bits per heavy atom. The summed E-state index contributed by atoms with van der Waals surface area (Å²) in [5.74, 6) is 1.35. The van der Waals surface area contributed by atoms with Crippen LogP contribution in [-0.2, 0) is 4.79 Å². The molecule has 0 fully saturated rings. The maximum absolute atomic E-state index is 11.7. The third-order valence-electron chi connectivity index (χ3n) is 3.18. The van der Waals surface area contributed by atoms with Gasteiger partial charge in [-0.3, -0.25) is 4.79 Å². The van der Waals surface area contributed by atoms with Crippen LogP contribution in [0.3, 0.4) is 0 Å². The number of halogens is 1. The zero-order valence-corrected chi connectivity index (χ0v) is 13.6. The number of nitrogens with one attached hydrogen (secondary N) is 2. The number of hydrogen-bond acceptors (Lipinski definition) is 4. The number of amides is 1. The van der Waals surface area contributed by atoms with Crippen LogP contribution in [0.4, 0.5) is 0 Å². The molecule has 0 saturated heterocycles. The molecule has 122 valence electrons. The monoisotopic (exact) mass is 326 g/mol. The third kappa shape index (κ3) is 6.37. The second-order valence-electron chi connectivity index (χ2n) is 4.79. The lowest BCUT2D eigenvalue weighted by molar-refractivity contribution is -0.122. The fourth-order valence-corrected chi connectivity index (χ4v) is 2.04. The van der Waals surface area contributed by atoms with E-state index in [0.717, 1.165) is 25.3 Å². The summed E-state index contributed by atoms with van der Waals surface area (Å²) in [6, 6.07) is 7.26. The van der Waals surface area contributed by atoms with Gasteiger partial charge in [-0.1, -0.05) is 11.6 Å². The Morgan fingerprint density at radius 2 is 1.91 bits per heavy atom. The predicted octanol–water partition coefficient (Wildman–Crippen LogP) is 1.92. The molecular weight excluding hydrogens is 304 g/mol. The minimum absolute atomic E-state index is 0. The molecule has 0 radical (unpaired) electrons. The molecule has 0 aromatic heterocycles. The minimum atomic E-state index is -0.108. The SMILES string of the molecule is CCOc1ccc(OCC(=O)NCC2=CCNCC2)cc1.Cl. The quantitative estimate of drug-likeness (QED) is 0.752. The zero-order chi connectivity index (χ0) is 14.9. The molecule has 0 saturated carbocycles. The van der Waals surface area contributed by atoms with E-state index < -0.39 is 0 Å². The van der Waals surface area contributed by atoms with Crippen LogP contribution in [0.15, 0.2) is 35.9 Å². The van der Waals surface area contributed by atoms with E-state index in [1.165, 1.54) is 5.57 Å². The highest BCUT2D eigenvalue weighted by Crippen LogP contribution is 2.17. The van der Waals surface area contributed by atoms with Gasteiger partial charge in [0.2, 0.25) is 0 Å². The number of ether oxygens (including phenoxy) is 2. The average Bonchev–Trinajstić information content (AvgIpc) is 2.53. The highest BCUT2D eigenvalue weighted by Gasteiger charge is 2.06. The average molecular weight is 327 g/mol. The summed E-state index contributed by atoms with van der Waals surface area (Å²) in [4.78, 5) is 11.7. The molecule has 0 unspecified atom stereocenters. The van der Waals surface area contributed by atoms with Crippen LogP contribution in [-0.4, -0.2) is 38.8 Å². The predicted molar refractivity (Wildman–Crippen MR) is 88.9 cm³/mol. The molecule has 1 aromatic carbocycles. The smallest absolute Gasteiger partial charge is 0.258 e. The molecule has 2 N–H and O–H groups in total. The number of carbonyl (C=O) groups excluding carboxylic acids is 1. The van der Waals surface area contributed by atoms with E-state index in [9.17, 15) is 4.79 Å². The van der Waals surface area contributed by atoms with Crippen molar-refractivity contribution in [1.29, 1.82) is 0 Å². The van der Waals surface area contributed by atoms with E-state index in [1.807, 2.05) is 19.1 Å². The molecular formula is C16H23ClN2O3. The van der Waals surface area contributed by atoms with Crippen LogP contribution in [0.1, 0.15) is 13.3 Å². The highest BCUT2D eigenvalue weighted by atomic mass is 35.5. The number of rotatable bonds is 7. The van der Waals surface area contributed by atoms with Crippen molar-refractivity contribution in [2.45, 2.75) is 13.3 Å². The first kappa shape index (κ1) is 18.3. The Kier molecular flexibility index (Phi) is 8.40. The fourth-order valence-electron chi connectivity index (χ4n) is 2.04. The first-order chi connectivity index (χ1) is 10.3. The van der Waals surface area contributed by atoms with E-state index in [4.69, 9.17) is 9.47 Å². The summed E-state index contributed by atoms with van der Waals surface area (Å²) in [6.45, 7) is 5.06. The van der Waals surface area contributed by atoms with E-state index in [2.05, 4.69) is 16.7 Å². The van der Waals surface area contributed by atoms with Crippen molar-refractivity contribution in [3.63, 3.8) is 0 Å². The molecule has 2 rings (SSSR count). The van der Waals surface area contributed by atoms with Crippen molar-refractivity contribution < 1.29 is 14.3 Å². The zero-order valence-electron chi connectivity index (χ0n) is 12.8. The van der Waals surface area contributed by atoms with Gasteiger partial charge in [0.15, 0.2) is 6.61 Å². The van der Waals surface area contributed by atoms with Crippen molar-refractivity contribution in [2.75, 3.05) is 32.8 Å². The molecule has 0 spiro atoms. The Labute approximate surface area is 137 Å². The Balaban J connectivity index is 0.00000242. The van der Waals surface area contributed by atoms with Gasteiger partial charge < -0.3 is 20.1 Å². The van der Waals surface area contributed by atoms with E-state index in [0.29, 0.717) is 18.9 Å². The third-order valence-corrected chi connectivity index (χ3v) is 3.18. The van der Waals surface area contributed by atoms with E-state index in [1.54, 1.807) is 12.1 Å². The highest BCUT2D eigenvalue weighted by molar-refractivity contribution is 5.85. The van der Waals surface area contributed by atoms with Crippen LogP contribution >= 0.6 is 12.4 Å². The maximum Gasteiger partial charge on any atom is 0.258 e. The second-order valence-corrected chi connectivity index (χ2v) is 4.79. The van der Waals surface area contributed by atoms with Crippen molar-refractivity contribution >= 4 is 18.3 Å². The molecule has 1 amide bonds. The van der Waals surface area contributed by atoms with Gasteiger partial charge in [0, 0.05) is 13.1 Å². The molecule has 0 aliphatic carbocycles. The van der Waals surface area contributed by atoms with Crippen molar-refractivity contribution in [3.8, 4) is 11.5 Å². The lowest BCUT2D eigenvalue weighted by Crippen LogP contribution is -2.32. The summed E-state index contributed by atoms with van der Waals surface area (Å²) in [5, 5.41) is 6.11. The van der Waals surface area contributed by atoms with E-state index in [-0.39, 0.29) is 24.9 Å². The van der Waals surface area contributed by atoms with E-state index >= 15 is 0 Å². The first-order valence-electron chi connectivity index (χ1n) is 7.29. The Hall–Kier alpha value is -1.72. The van der Waals surface area contributed by atoms with Crippen molar-refractivity contribution in [2.24, 2.45) is 0 Å². The summed E-state index contributed by atoms with van der Waals surface area (Å²) in [6.07, 6.45) is 3.11. The molecule has 1 aliphatic rings. The van der Waals surface area contributed by atoms with Gasteiger partial charge in [-0.25, -0.2) is 0 Å². The summed E-state index contributed by atoms with van der Waals surface area (Å²) in [7, 11) is 0. The van der Waals surface area contributed by atoms with Crippen LogP contribution in [0.5, 0.6) is 11.5 Å². The summed E-state index contributed by atoms with van der Waals surface area (Å²) >= 11 is 0. The maximum atomic E-state index is 11.7. The number of benzene rings is 1. The second kappa shape index (κ2) is 10.1. The molecule has 1 aliphatic heterocycles. The molecule has 1 aromatic rings. The van der Waals surface area contributed by atoms with Crippen molar-refractivity contribution in [1.82, 2.24) is 10.6 Å². The molecule has 0 bridgehead atoms. The summed E-state index contributed by atoms with van der Waals surface area (Å²) in [5.41, 5.74) is 1.27. The van der Waals surface area contributed by atoms with Gasteiger partial charge in [-0.05, 0) is 44.2 Å². The summed E-state index contributed by atoms with van der Waals surface area (Å²) < 4.78 is 10.8.